The van der Waals surface area contributed by atoms with Crippen LogP contribution in [0, 0.1) is 17.8 Å². The number of carbonyl (C=O) groups is 7. The second kappa shape index (κ2) is 22.6. The number of para-hydroxylation sites is 1. The quantitative estimate of drug-likeness (QED) is 0.0670. The molecular weight excluding hydrogens is 789 g/mol. The number of carboxylic acids is 1. The molecule has 6 amide bonds. The smallest absolute Gasteiger partial charge is 0.328 e. The highest BCUT2D eigenvalue weighted by Gasteiger charge is 2.35. The number of nitrogens with two attached hydrogens (primary N) is 1. The monoisotopic (exact) mass is 850 g/mol. The minimum atomic E-state index is -1.68. The lowest BCUT2D eigenvalue weighted by molar-refractivity contribution is -0.145. The Labute approximate surface area is 355 Å². The molecule has 0 aliphatic heterocycles. The fourth-order valence-corrected chi connectivity index (χ4v) is 6.58. The van der Waals surface area contributed by atoms with Gasteiger partial charge in [-0.25, -0.2) is 4.79 Å². The van der Waals surface area contributed by atoms with Crippen LogP contribution in [0.1, 0.15) is 72.9 Å². The number of hydrogen-bond acceptors (Lipinski definition) is 10. The van der Waals surface area contributed by atoms with Gasteiger partial charge in [0, 0.05) is 29.9 Å². The molecule has 8 atom stereocenters. The van der Waals surface area contributed by atoms with Gasteiger partial charge in [-0.05, 0) is 67.3 Å². The zero-order chi connectivity index (χ0) is 45.7. The lowest BCUT2D eigenvalue weighted by Crippen LogP contribution is -2.61. The van der Waals surface area contributed by atoms with Gasteiger partial charge in [0.2, 0.25) is 35.4 Å². The van der Waals surface area contributed by atoms with Crippen LogP contribution in [0.3, 0.4) is 0 Å². The molecule has 0 bridgehead atoms. The van der Waals surface area contributed by atoms with Crippen molar-refractivity contribution in [2.75, 3.05) is 0 Å². The highest BCUT2D eigenvalue weighted by Crippen LogP contribution is 2.20. The van der Waals surface area contributed by atoms with Crippen molar-refractivity contribution in [1.82, 2.24) is 36.9 Å². The first-order valence-corrected chi connectivity index (χ1v) is 20.4. The van der Waals surface area contributed by atoms with Gasteiger partial charge in [-0.1, -0.05) is 71.9 Å². The Bertz CT molecular complexity index is 2000. The van der Waals surface area contributed by atoms with Crippen molar-refractivity contribution in [3.8, 4) is 5.75 Å². The number of H-pyrrole nitrogens is 1. The van der Waals surface area contributed by atoms with Gasteiger partial charge in [0.15, 0.2) is 6.04 Å². The second-order valence-electron chi connectivity index (χ2n) is 16.5. The van der Waals surface area contributed by atoms with Crippen molar-refractivity contribution in [1.29, 1.82) is 0 Å². The van der Waals surface area contributed by atoms with Crippen LogP contribution in [0.5, 0.6) is 5.75 Å². The maximum atomic E-state index is 14.0. The van der Waals surface area contributed by atoms with Crippen LogP contribution < -0.4 is 37.6 Å². The standard InChI is InChI=1S/C43H62N8O10/c1-21(2)17-30(44)38(55)49-35(23(5)6)42(59)50-34(22(3)4)41(58)48-32(18-26-13-15-28(53)16-14-26)39(56)46-24(7)37(54)47-33(40(57)51-36(25(8)52)43(60)61)19-27-20-45-31-12-10-9-11-29(27)31/h9-16,20-25,30,32-36,45,52-53H,17-19,44H2,1-8H3,(H,46,56)(H,47,54)(H,48,58)(H,49,55)(H,50,59)(H,51,57)(H,60,61)/t24-,25+,30-,32-,33-,34-,35-,36-/m0/s1. The zero-order valence-corrected chi connectivity index (χ0v) is 35.9. The van der Waals surface area contributed by atoms with Crippen LogP contribution in [0.4, 0.5) is 0 Å². The van der Waals surface area contributed by atoms with Gasteiger partial charge >= 0.3 is 5.97 Å². The summed E-state index contributed by atoms with van der Waals surface area (Å²) in [6.07, 6.45) is 0.382. The molecule has 0 unspecified atom stereocenters. The number of fused-ring (bicyclic) bond motifs is 1. The Balaban J connectivity index is 1.85. The number of aliphatic hydroxyl groups is 1. The lowest BCUT2D eigenvalue weighted by atomic mass is 9.98. The van der Waals surface area contributed by atoms with Crippen LogP contribution in [0.2, 0.25) is 0 Å². The van der Waals surface area contributed by atoms with Crippen LogP contribution in [-0.4, -0.2) is 110 Å². The first-order valence-electron chi connectivity index (χ1n) is 20.4. The minimum absolute atomic E-state index is 0.0343. The molecule has 2 aromatic carbocycles. The summed E-state index contributed by atoms with van der Waals surface area (Å²) in [5.41, 5.74) is 7.97. The summed E-state index contributed by atoms with van der Waals surface area (Å²) in [4.78, 5) is 96.6. The van der Waals surface area contributed by atoms with Gasteiger partial charge in [-0.15, -0.1) is 0 Å². The summed E-state index contributed by atoms with van der Waals surface area (Å²) in [6.45, 7) is 13.2. The van der Waals surface area contributed by atoms with Gasteiger partial charge < -0.3 is 57.9 Å². The summed E-state index contributed by atoms with van der Waals surface area (Å²) >= 11 is 0. The minimum Gasteiger partial charge on any atom is -0.508 e. The highest BCUT2D eigenvalue weighted by atomic mass is 16.4. The number of aliphatic carboxylic acids is 1. The number of carboxylic acid groups (broad SMARTS) is 1. The molecule has 18 nitrogen and oxygen atoms in total. The molecule has 61 heavy (non-hydrogen) atoms. The Morgan fingerprint density at radius 2 is 1.13 bits per heavy atom. The SMILES string of the molecule is CC(C)C[C@H](N)C(=O)N[C@H](C(=O)N[C@H](C(=O)N[C@@H](Cc1ccc(O)cc1)C(=O)N[C@@H](C)C(=O)N[C@@H](Cc1c[nH]c2ccccc12)C(=O)N[C@H](C(=O)O)[C@@H](C)O)C(C)C)C(C)C. The largest absolute Gasteiger partial charge is 0.508 e. The maximum absolute atomic E-state index is 14.0. The number of amides is 6. The summed E-state index contributed by atoms with van der Waals surface area (Å²) in [6, 6.07) is 4.39. The van der Waals surface area contributed by atoms with E-state index in [9.17, 15) is 48.9 Å². The Morgan fingerprint density at radius 3 is 1.69 bits per heavy atom. The Kier molecular flexibility index (Phi) is 18.2. The van der Waals surface area contributed by atoms with E-state index in [4.69, 9.17) is 5.73 Å². The number of rotatable bonds is 22. The van der Waals surface area contributed by atoms with Gasteiger partial charge in [0.25, 0.3) is 0 Å². The fourth-order valence-electron chi connectivity index (χ4n) is 6.58. The molecule has 0 saturated carbocycles. The van der Waals surface area contributed by atoms with Crippen LogP contribution in [-0.2, 0) is 46.4 Å². The number of aromatic amines is 1. The van der Waals surface area contributed by atoms with Crippen molar-refractivity contribution >= 4 is 52.3 Å². The predicted octanol–water partition coefficient (Wildman–Crippen LogP) is 0.738. The molecule has 0 spiro atoms. The number of aromatic nitrogens is 1. The summed E-state index contributed by atoms with van der Waals surface area (Å²) in [5.74, 6) is -6.66. The number of phenolic OH excluding ortho intramolecular Hbond substituents is 1. The van der Waals surface area contributed by atoms with Crippen molar-refractivity contribution in [3.63, 3.8) is 0 Å². The van der Waals surface area contributed by atoms with E-state index in [1.165, 1.54) is 26.0 Å². The predicted molar refractivity (Wildman–Crippen MR) is 227 cm³/mol. The molecule has 3 aromatic rings. The van der Waals surface area contributed by atoms with Crippen LogP contribution in [0.25, 0.3) is 10.9 Å². The molecule has 0 aliphatic rings. The first-order chi connectivity index (χ1) is 28.6. The van der Waals surface area contributed by atoms with Crippen molar-refractivity contribution in [3.05, 3.63) is 65.9 Å². The molecule has 1 heterocycles. The molecule has 3 rings (SSSR count). The van der Waals surface area contributed by atoms with E-state index in [1.807, 2.05) is 26.0 Å². The third-order valence-corrected chi connectivity index (χ3v) is 10.1. The maximum Gasteiger partial charge on any atom is 0.328 e. The lowest BCUT2D eigenvalue weighted by Gasteiger charge is -2.29. The van der Waals surface area contributed by atoms with Gasteiger partial charge in [-0.3, -0.25) is 28.8 Å². The van der Waals surface area contributed by atoms with Gasteiger partial charge in [-0.2, -0.15) is 0 Å². The second-order valence-corrected chi connectivity index (χ2v) is 16.5. The Morgan fingerprint density at radius 1 is 0.623 bits per heavy atom. The van der Waals surface area contributed by atoms with Gasteiger partial charge in [0.1, 0.15) is 36.0 Å². The number of hydrogen-bond donors (Lipinski definition) is 11. The number of phenols is 1. The molecule has 0 saturated heterocycles. The van der Waals surface area contributed by atoms with E-state index in [0.717, 1.165) is 10.9 Å². The van der Waals surface area contributed by atoms with Crippen LogP contribution in [0.15, 0.2) is 54.7 Å². The zero-order valence-electron chi connectivity index (χ0n) is 35.9. The molecule has 334 valence electrons. The fraction of sp³-hybridized carbons (Fsp3) is 0.512. The van der Waals surface area contributed by atoms with Crippen molar-refractivity contribution < 1.29 is 48.9 Å². The third-order valence-electron chi connectivity index (χ3n) is 10.1. The van der Waals surface area contributed by atoms with E-state index < -0.39 is 95.7 Å². The van der Waals surface area contributed by atoms with E-state index in [2.05, 4.69) is 36.9 Å². The third kappa shape index (κ3) is 14.6. The molecule has 0 aliphatic carbocycles. The van der Waals surface area contributed by atoms with E-state index in [-0.39, 0.29) is 30.4 Å². The highest BCUT2D eigenvalue weighted by molar-refractivity contribution is 5.97. The molecule has 12 N–H and O–H groups in total. The molecule has 18 heteroatoms. The average molecular weight is 851 g/mol. The average Bonchev–Trinajstić information content (AvgIpc) is 3.59. The number of carbonyl (C=O) groups excluding carboxylic acids is 6. The van der Waals surface area contributed by atoms with Crippen molar-refractivity contribution in [2.24, 2.45) is 23.5 Å². The molecule has 0 radical (unpaired) electrons. The van der Waals surface area contributed by atoms with Crippen LogP contribution >= 0.6 is 0 Å². The normalized spacial score (nSPS) is 15.4. The van der Waals surface area contributed by atoms with Gasteiger partial charge in [0.05, 0.1) is 12.1 Å². The number of benzene rings is 2. The van der Waals surface area contributed by atoms with E-state index >= 15 is 0 Å². The first kappa shape index (κ1) is 49.4. The summed E-state index contributed by atoms with van der Waals surface area (Å²) < 4.78 is 0. The summed E-state index contributed by atoms with van der Waals surface area (Å²) in [7, 11) is 0. The number of aliphatic hydroxyl groups excluding tert-OH is 1. The van der Waals surface area contributed by atoms with E-state index in [1.54, 1.807) is 58.2 Å². The number of aromatic hydroxyl groups is 1. The molecule has 1 aromatic heterocycles. The topological polar surface area (TPSA) is 294 Å². The summed E-state index contributed by atoms with van der Waals surface area (Å²) in [5, 5.41) is 45.8. The Hall–Kier alpha value is -6.01. The van der Waals surface area contributed by atoms with Crippen molar-refractivity contribution in [2.45, 2.75) is 123 Å². The molecule has 0 fully saturated rings. The van der Waals surface area contributed by atoms with E-state index in [0.29, 0.717) is 17.5 Å². The number of nitrogens with one attached hydrogen (secondary N) is 7. The molecular formula is C43H62N8O10.